The van der Waals surface area contributed by atoms with Crippen LogP contribution in [0.15, 0.2) is 27.4 Å². The molecule has 7 heteroatoms. The van der Waals surface area contributed by atoms with E-state index in [4.69, 9.17) is 18.6 Å². The van der Waals surface area contributed by atoms with E-state index in [1.807, 2.05) is 6.92 Å². The van der Waals surface area contributed by atoms with Gasteiger partial charge in [0.2, 0.25) is 5.75 Å². The summed E-state index contributed by atoms with van der Waals surface area (Å²) in [7, 11) is 0. The third-order valence-electron chi connectivity index (χ3n) is 3.67. The Hall–Kier alpha value is -2.70. The number of hydrogen-bond donors (Lipinski definition) is 1. The second-order valence-corrected chi connectivity index (χ2v) is 5.82. The van der Waals surface area contributed by atoms with Crippen molar-refractivity contribution in [3.8, 4) is 17.2 Å². The molecule has 0 bridgehead atoms. The van der Waals surface area contributed by atoms with Crippen molar-refractivity contribution in [3.63, 3.8) is 0 Å². The van der Waals surface area contributed by atoms with Gasteiger partial charge in [0.05, 0.1) is 25.2 Å². The van der Waals surface area contributed by atoms with Crippen LogP contribution in [-0.4, -0.2) is 30.9 Å². The molecule has 0 radical (unpaired) electrons. The lowest BCUT2D eigenvalue weighted by atomic mass is 10.2. The first-order valence-corrected chi connectivity index (χ1v) is 8.71. The summed E-state index contributed by atoms with van der Waals surface area (Å²) in [5, 5.41) is 10.7. The van der Waals surface area contributed by atoms with Gasteiger partial charge in [-0.15, -0.1) is 0 Å². The quantitative estimate of drug-likeness (QED) is 0.392. The van der Waals surface area contributed by atoms with Crippen LogP contribution in [0.4, 0.5) is 0 Å². The summed E-state index contributed by atoms with van der Waals surface area (Å²) in [6.07, 6.45) is 3.11. The number of hydrogen-bond acceptors (Lipinski definition) is 7. The minimum Gasteiger partial charge on any atom is -0.504 e. The van der Waals surface area contributed by atoms with Gasteiger partial charge in [-0.2, -0.15) is 0 Å². The Kier molecular flexibility index (Phi) is 7.32. The number of aromatic hydroxyl groups is 1. The molecule has 2 aromatic rings. The van der Waals surface area contributed by atoms with Gasteiger partial charge >= 0.3 is 11.6 Å². The molecule has 26 heavy (non-hydrogen) atoms. The van der Waals surface area contributed by atoms with Gasteiger partial charge in [-0.05, 0) is 31.4 Å². The lowest BCUT2D eigenvalue weighted by Crippen LogP contribution is -2.08. The first-order chi connectivity index (χ1) is 12.5. The van der Waals surface area contributed by atoms with Crippen LogP contribution in [0.25, 0.3) is 11.0 Å². The summed E-state index contributed by atoms with van der Waals surface area (Å²) in [5.41, 5.74) is -0.489. The molecule has 0 saturated heterocycles. The second-order valence-electron chi connectivity index (χ2n) is 5.82. The van der Waals surface area contributed by atoms with Gasteiger partial charge in [0.15, 0.2) is 5.75 Å². The van der Waals surface area contributed by atoms with E-state index >= 15 is 0 Å². The fraction of sp³-hybridized carbons (Fsp3) is 0.474. The van der Waals surface area contributed by atoms with Crippen molar-refractivity contribution in [2.24, 2.45) is 0 Å². The Morgan fingerprint density at radius 2 is 1.85 bits per heavy atom. The first-order valence-electron chi connectivity index (χ1n) is 8.71. The lowest BCUT2D eigenvalue weighted by molar-refractivity contribution is -0.141. The molecule has 0 unspecified atom stereocenters. The van der Waals surface area contributed by atoms with Gasteiger partial charge in [-0.25, -0.2) is 4.79 Å². The molecule has 7 nitrogen and oxygen atoms in total. The molecule has 0 amide bonds. The zero-order valence-corrected chi connectivity index (χ0v) is 15.1. The lowest BCUT2D eigenvalue weighted by Gasteiger charge is -2.10. The number of carbonyl (C=O) groups excluding carboxylic acids is 1. The van der Waals surface area contributed by atoms with E-state index in [0.717, 1.165) is 12.8 Å². The SMILES string of the molecule is CCCCOc1c(O)c2ccc(OCCCCOC(C)=O)cc2oc1=O. The maximum absolute atomic E-state index is 12.0. The Labute approximate surface area is 151 Å². The van der Waals surface area contributed by atoms with E-state index in [-0.39, 0.29) is 23.1 Å². The Morgan fingerprint density at radius 1 is 1.12 bits per heavy atom. The van der Waals surface area contributed by atoms with Crippen molar-refractivity contribution >= 4 is 16.9 Å². The molecule has 1 heterocycles. The summed E-state index contributed by atoms with van der Waals surface area (Å²) >= 11 is 0. The van der Waals surface area contributed by atoms with E-state index in [1.165, 1.54) is 6.92 Å². The largest absolute Gasteiger partial charge is 0.504 e. The van der Waals surface area contributed by atoms with Gasteiger partial charge in [0.25, 0.3) is 0 Å². The number of unbranched alkanes of at least 4 members (excludes halogenated alkanes) is 2. The molecule has 1 aromatic heterocycles. The van der Waals surface area contributed by atoms with E-state index in [1.54, 1.807) is 18.2 Å². The van der Waals surface area contributed by atoms with Gasteiger partial charge in [0.1, 0.15) is 11.3 Å². The van der Waals surface area contributed by atoms with Crippen molar-refractivity contribution in [2.75, 3.05) is 19.8 Å². The van der Waals surface area contributed by atoms with Crippen LogP contribution in [0.3, 0.4) is 0 Å². The molecule has 0 aliphatic rings. The highest BCUT2D eigenvalue weighted by Crippen LogP contribution is 2.33. The van der Waals surface area contributed by atoms with Crippen LogP contribution >= 0.6 is 0 Å². The minimum atomic E-state index is -0.718. The maximum Gasteiger partial charge on any atom is 0.383 e. The van der Waals surface area contributed by atoms with Gasteiger partial charge < -0.3 is 23.7 Å². The average molecular weight is 364 g/mol. The van der Waals surface area contributed by atoms with Crippen molar-refractivity contribution in [2.45, 2.75) is 39.5 Å². The highest BCUT2D eigenvalue weighted by molar-refractivity contribution is 5.86. The molecular weight excluding hydrogens is 340 g/mol. The average Bonchev–Trinajstić information content (AvgIpc) is 2.60. The number of esters is 1. The highest BCUT2D eigenvalue weighted by Gasteiger charge is 2.16. The Bertz CT molecular complexity index is 794. The molecule has 142 valence electrons. The third kappa shape index (κ3) is 5.40. The van der Waals surface area contributed by atoms with Gasteiger partial charge in [-0.1, -0.05) is 13.3 Å². The third-order valence-corrected chi connectivity index (χ3v) is 3.67. The first kappa shape index (κ1) is 19.6. The molecule has 0 aliphatic heterocycles. The molecule has 1 N–H and O–H groups in total. The van der Waals surface area contributed by atoms with Gasteiger partial charge in [-0.3, -0.25) is 4.79 Å². The van der Waals surface area contributed by atoms with Crippen LogP contribution < -0.4 is 15.1 Å². The number of ether oxygens (including phenoxy) is 3. The molecule has 0 aliphatic carbocycles. The molecule has 1 aromatic carbocycles. The van der Waals surface area contributed by atoms with Crippen molar-refractivity contribution in [1.29, 1.82) is 0 Å². The van der Waals surface area contributed by atoms with Crippen LogP contribution in [0.2, 0.25) is 0 Å². The van der Waals surface area contributed by atoms with Gasteiger partial charge in [0, 0.05) is 13.0 Å². The number of rotatable bonds is 10. The van der Waals surface area contributed by atoms with Crippen LogP contribution in [0, 0.1) is 0 Å². The summed E-state index contributed by atoms with van der Waals surface area (Å²) in [6, 6.07) is 4.86. The molecular formula is C19H24O7. The number of fused-ring (bicyclic) bond motifs is 1. The number of carbonyl (C=O) groups is 1. The number of benzene rings is 1. The van der Waals surface area contributed by atoms with Crippen LogP contribution in [0.5, 0.6) is 17.2 Å². The van der Waals surface area contributed by atoms with Crippen LogP contribution in [0.1, 0.15) is 39.5 Å². The van der Waals surface area contributed by atoms with Crippen molar-refractivity contribution < 1.29 is 28.5 Å². The topological polar surface area (TPSA) is 95.2 Å². The molecule has 0 saturated carbocycles. The van der Waals surface area contributed by atoms with Crippen molar-refractivity contribution in [3.05, 3.63) is 28.6 Å². The Morgan fingerprint density at radius 3 is 2.58 bits per heavy atom. The molecule has 0 atom stereocenters. The zero-order chi connectivity index (χ0) is 18.9. The Balaban J connectivity index is 2.01. The summed E-state index contributed by atoms with van der Waals surface area (Å²) in [6.45, 7) is 4.51. The normalized spacial score (nSPS) is 10.7. The fourth-order valence-corrected chi connectivity index (χ4v) is 2.29. The predicted octanol–water partition coefficient (Wildman–Crippen LogP) is 3.40. The maximum atomic E-state index is 12.0. The predicted molar refractivity (Wildman–Crippen MR) is 95.9 cm³/mol. The van der Waals surface area contributed by atoms with E-state index in [2.05, 4.69) is 0 Å². The summed E-state index contributed by atoms with van der Waals surface area (Å²) in [5.74, 6) is -0.161. The zero-order valence-electron chi connectivity index (χ0n) is 15.1. The summed E-state index contributed by atoms with van der Waals surface area (Å²) in [4.78, 5) is 22.7. The molecule has 0 spiro atoms. The van der Waals surface area contributed by atoms with E-state index in [0.29, 0.717) is 43.8 Å². The molecule has 2 rings (SSSR count). The minimum absolute atomic E-state index is 0.162. The standard InChI is InChI=1S/C19H24O7/c1-3-4-9-25-18-17(21)15-8-7-14(12-16(15)26-19(18)22)24-11-6-5-10-23-13(2)20/h7-8,12,21H,3-6,9-11H2,1-2H3. The highest BCUT2D eigenvalue weighted by atomic mass is 16.5. The monoisotopic (exact) mass is 364 g/mol. The fourth-order valence-electron chi connectivity index (χ4n) is 2.29. The second kappa shape index (κ2) is 9.70. The summed E-state index contributed by atoms with van der Waals surface area (Å²) < 4.78 is 21.0. The van der Waals surface area contributed by atoms with Crippen LogP contribution in [-0.2, 0) is 9.53 Å². The van der Waals surface area contributed by atoms with Crippen molar-refractivity contribution in [1.82, 2.24) is 0 Å². The molecule has 0 fully saturated rings. The van der Waals surface area contributed by atoms with E-state index in [9.17, 15) is 14.7 Å². The van der Waals surface area contributed by atoms with E-state index < -0.39 is 5.63 Å². The smallest absolute Gasteiger partial charge is 0.383 e.